The number of hydrogen-bond acceptors (Lipinski definition) is 6. The molecule has 0 saturated heterocycles. The van der Waals surface area contributed by atoms with Gasteiger partial charge >= 0.3 is 0 Å². The number of hydrogen-bond donors (Lipinski definition) is 1. The van der Waals surface area contributed by atoms with Crippen LogP contribution in [0.1, 0.15) is 30.0 Å². The highest BCUT2D eigenvalue weighted by Gasteiger charge is 2.09. The Labute approximate surface area is 116 Å². The summed E-state index contributed by atoms with van der Waals surface area (Å²) < 4.78 is 5.04. The first-order chi connectivity index (χ1) is 9.10. The summed E-state index contributed by atoms with van der Waals surface area (Å²) >= 11 is 6.07. The van der Waals surface area contributed by atoms with Crippen molar-refractivity contribution in [2.75, 3.05) is 11.9 Å². The molecule has 0 bridgehead atoms. The Balaban J connectivity index is 2.01. The predicted octanol–water partition coefficient (Wildman–Crippen LogP) is 2.35. The summed E-state index contributed by atoms with van der Waals surface area (Å²) in [5.74, 6) is 2.74. The average molecular weight is 282 g/mol. The lowest BCUT2D eigenvalue weighted by Crippen LogP contribution is -2.10. The molecule has 6 nitrogen and oxygen atoms in total. The molecule has 2 aromatic heterocycles. The van der Waals surface area contributed by atoms with Crippen LogP contribution in [0.2, 0.25) is 5.15 Å². The van der Waals surface area contributed by atoms with Crippen molar-refractivity contribution in [1.82, 2.24) is 20.1 Å². The topological polar surface area (TPSA) is 76.7 Å². The van der Waals surface area contributed by atoms with Crippen LogP contribution in [-0.2, 0) is 12.8 Å². The summed E-state index contributed by atoms with van der Waals surface area (Å²) in [6.45, 7) is 6.33. The van der Waals surface area contributed by atoms with E-state index in [4.69, 9.17) is 16.1 Å². The fourth-order valence-electron chi connectivity index (χ4n) is 1.59. The minimum Gasteiger partial charge on any atom is -0.369 e. The Morgan fingerprint density at radius 2 is 2.00 bits per heavy atom. The molecule has 102 valence electrons. The zero-order valence-corrected chi connectivity index (χ0v) is 12.0. The van der Waals surface area contributed by atoms with Gasteiger partial charge in [0.25, 0.3) is 0 Å². The molecular formula is C12H16ClN5O. The first kappa shape index (κ1) is 13.7. The monoisotopic (exact) mass is 281 g/mol. The Kier molecular flexibility index (Phi) is 4.31. The quantitative estimate of drug-likeness (QED) is 0.848. The van der Waals surface area contributed by atoms with Gasteiger partial charge in [0.15, 0.2) is 5.82 Å². The van der Waals surface area contributed by atoms with Crippen LogP contribution in [0.5, 0.6) is 0 Å². The minimum absolute atomic E-state index is 0.489. The van der Waals surface area contributed by atoms with Gasteiger partial charge in [0.05, 0.1) is 0 Å². The first-order valence-corrected chi connectivity index (χ1v) is 6.54. The van der Waals surface area contributed by atoms with Gasteiger partial charge in [-0.3, -0.25) is 0 Å². The van der Waals surface area contributed by atoms with Gasteiger partial charge in [-0.15, -0.1) is 0 Å². The summed E-state index contributed by atoms with van der Waals surface area (Å²) in [7, 11) is 0. The molecule has 0 aliphatic carbocycles. The molecule has 0 spiro atoms. The van der Waals surface area contributed by atoms with Crippen LogP contribution in [-0.4, -0.2) is 26.7 Å². The Morgan fingerprint density at radius 3 is 2.63 bits per heavy atom. The SMILES string of the molecule is CCc1nc(Cl)c(C)c(NCCc2nc(C)no2)n1. The Morgan fingerprint density at radius 1 is 1.21 bits per heavy atom. The lowest BCUT2D eigenvalue weighted by Gasteiger charge is -2.09. The predicted molar refractivity (Wildman–Crippen MR) is 72.4 cm³/mol. The van der Waals surface area contributed by atoms with Crippen molar-refractivity contribution in [2.45, 2.75) is 33.6 Å². The van der Waals surface area contributed by atoms with Crippen molar-refractivity contribution in [3.05, 3.63) is 28.3 Å². The van der Waals surface area contributed by atoms with Crippen molar-refractivity contribution in [2.24, 2.45) is 0 Å². The standard InChI is InChI=1S/C12H16ClN5O/c1-4-9-16-11(13)7(2)12(17-9)14-6-5-10-15-8(3)18-19-10/h4-6H2,1-3H3,(H,14,16,17). The van der Waals surface area contributed by atoms with E-state index in [2.05, 4.69) is 25.4 Å². The molecule has 0 aliphatic heterocycles. The number of halogens is 1. The van der Waals surface area contributed by atoms with E-state index in [1.807, 2.05) is 13.8 Å². The normalized spacial score (nSPS) is 10.7. The molecular weight excluding hydrogens is 266 g/mol. The Hall–Kier alpha value is -1.69. The summed E-state index contributed by atoms with van der Waals surface area (Å²) in [5, 5.41) is 7.45. The van der Waals surface area contributed by atoms with E-state index in [0.717, 1.165) is 23.6 Å². The molecule has 0 atom stereocenters. The second kappa shape index (κ2) is 5.97. The highest BCUT2D eigenvalue weighted by molar-refractivity contribution is 6.30. The first-order valence-electron chi connectivity index (χ1n) is 6.16. The molecule has 0 radical (unpaired) electrons. The van der Waals surface area contributed by atoms with Gasteiger partial charge in [0.2, 0.25) is 5.89 Å². The third kappa shape index (κ3) is 3.41. The van der Waals surface area contributed by atoms with Gasteiger partial charge in [-0.2, -0.15) is 4.98 Å². The maximum absolute atomic E-state index is 6.07. The number of aryl methyl sites for hydroxylation is 2. The zero-order chi connectivity index (χ0) is 13.8. The molecule has 0 amide bonds. The van der Waals surface area contributed by atoms with Crippen molar-refractivity contribution in [3.63, 3.8) is 0 Å². The van der Waals surface area contributed by atoms with E-state index in [1.54, 1.807) is 6.92 Å². The maximum Gasteiger partial charge on any atom is 0.228 e. The van der Waals surface area contributed by atoms with Crippen molar-refractivity contribution in [1.29, 1.82) is 0 Å². The van der Waals surface area contributed by atoms with Gasteiger partial charge in [0, 0.05) is 24.9 Å². The molecule has 0 aliphatic rings. The van der Waals surface area contributed by atoms with E-state index in [1.165, 1.54) is 0 Å². The summed E-state index contributed by atoms with van der Waals surface area (Å²) in [5.41, 5.74) is 0.848. The largest absolute Gasteiger partial charge is 0.369 e. The Bertz CT molecular complexity index is 569. The van der Waals surface area contributed by atoms with Gasteiger partial charge < -0.3 is 9.84 Å². The lowest BCUT2D eigenvalue weighted by atomic mass is 10.3. The van der Waals surface area contributed by atoms with E-state index >= 15 is 0 Å². The molecule has 2 rings (SSSR count). The van der Waals surface area contributed by atoms with E-state index in [0.29, 0.717) is 29.8 Å². The van der Waals surface area contributed by atoms with E-state index in [-0.39, 0.29) is 0 Å². The molecule has 0 unspecified atom stereocenters. The second-order valence-corrected chi connectivity index (χ2v) is 4.53. The van der Waals surface area contributed by atoms with Gasteiger partial charge in [-0.25, -0.2) is 9.97 Å². The molecule has 1 N–H and O–H groups in total. The van der Waals surface area contributed by atoms with Crippen molar-refractivity contribution >= 4 is 17.4 Å². The summed E-state index contributed by atoms with van der Waals surface area (Å²) in [4.78, 5) is 12.7. The van der Waals surface area contributed by atoms with Crippen LogP contribution in [0.25, 0.3) is 0 Å². The van der Waals surface area contributed by atoms with Gasteiger partial charge in [-0.05, 0) is 13.8 Å². The lowest BCUT2D eigenvalue weighted by molar-refractivity contribution is 0.377. The van der Waals surface area contributed by atoms with Crippen LogP contribution >= 0.6 is 11.6 Å². The van der Waals surface area contributed by atoms with Crippen molar-refractivity contribution in [3.8, 4) is 0 Å². The zero-order valence-electron chi connectivity index (χ0n) is 11.2. The molecule has 0 saturated carbocycles. The highest BCUT2D eigenvalue weighted by Crippen LogP contribution is 2.19. The number of aromatic nitrogens is 4. The third-order valence-electron chi connectivity index (χ3n) is 2.65. The molecule has 19 heavy (non-hydrogen) atoms. The van der Waals surface area contributed by atoms with E-state index < -0.39 is 0 Å². The van der Waals surface area contributed by atoms with Crippen LogP contribution in [0.15, 0.2) is 4.52 Å². The maximum atomic E-state index is 6.07. The van der Waals surface area contributed by atoms with Crippen LogP contribution in [0.4, 0.5) is 5.82 Å². The fraction of sp³-hybridized carbons (Fsp3) is 0.500. The highest BCUT2D eigenvalue weighted by atomic mass is 35.5. The second-order valence-electron chi connectivity index (χ2n) is 4.17. The van der Waals surface area contributed by atoms with Crippen molar-refractivity contribution < 1.29 is 4.52 Å². The summed E-state index contributed by atoms with van der Waals surface area (Å²) in [6, 6.07) is 0. The van der Waals surface area contributed by atoms with E-state index in [9.17, 15) is 0 Å². The van der Waals surface area contributed by atoms with Gasteiger partial charge in [-0.1, -0.05) is 23.7 Å². The smallest absolute Gasteiger partial charge is 0.228 e. The molecule has 2 aromatic rings. The molecule has 0 aromatic carbocycles. The number of nitrogens with one attached hydrogen (secondary N) is 1. The van der Waals surface area contributed by atoms with Crippen LogP contribution in [0, 0.1) is 13.8 Å². The number of nitrogens with zero attached hydrogens (tertiary/aromatic N) is 4. The number of rotatable bonds is 5. The fourth-order valence-corrected chi connectivity index (χ4v) is 1.78. The molecule has 2 heterocycles. The minimum atomic E-state index is 0.489. The molecule has 7 heteroatoms. The number of anilines is 1. The molecule has 0 fully saturated rings. The summed E-state index contributed by atoms with van der Waals surface area (Å²) in [6.07, 6.45) is 1.39. The average Bonchev–Trinajstić information content (AvgIpc) is 2.80. The van der Waals surface area contributed by atoms with Gasteiger partial charge in [0.1, 0.15) is 16.8 Å². The van der Waals surface area contributed by atoms with Crippen LogP contribution in [0.3, 0.4) is 0 Å². The van der Waals surface area contributed by atoms with Crippen LogP contribution < -0.4 is 5.32 Å². The third-order valence-corrected chi connectivity index (χ3v) is 3.02.